The van der Waals surface area contributed by atoms with E-state index < -0.39 is 0 Å². The molecule has 6 nitrogen and oxygen atoms in total. The van der Waals surface area contributed by atoms with E-state index in [2.05, 4.69) is 15.3 Å². The van der Waals surface area contributed by atoms with Gasteiger partial charge in [-0.05, 0) is 57.0 Å². The van der Waals surface area contributed by atoms with Crippen LogP contribution >= 0.6 is 0 Å². The Morgan fingerprint density at radius 2 is 1.72 bits per heavy atom. The first-order chi connectivity index (χ1) is 11.8. The quantitative estimate of drug-likeness (QED) is 0.906. The molecule has 2 heterocycles. The predicted molar refractivity (Wildman–Crippen MR) is 96.4 cm³/mol. The molecule has 2 amide bonds. The van der Waals surface area contributed by atoms with E-state index >= 15 is 0 Å². The molecular formula is C19H24N4O2. The van der Waals surface area contributed by atoms with Crippen LogP contribution in [0.15, 0.2) is 42.7 Å². The van der Waals surface area contributed by atoms with Crippen molar-refractivity contribution in [1.82, 2.24) is 20.2 Å². The Morgan fingerprint density at radius 1 is 1.08 bits per heavy atom. The molecule has 0 aliphatic carbocycles. The van der Waals surface area contributed by atoms with E-state index in [0.29, 0.717) is 6.54 Å². The maximum atomic E-state index is 12.5. The van der Waals surface area contributed by atoms with E-state index in [1.165, 1.54) is 0 Å². The predicted octanol–water partition coefficient (Wildman–Crippen LogP) is 2.32. The number of carbonyl (C=O) groups is 2. The zero-order valence-electron chi connectivity index (χ0n) is 15.1. The van der Waals surface area contributed by atoms with Crippen molar-refractivity contribution in [3.8, 4) is 0 Å². The van der Waals surface area contributed by atoms with Crippen LogP contribution in [0, 0.1) is 0 Å². The zero-order chi connectivity index (χ0) is 18.4. The lowest BCUT2D eigenvalue weighted by Crippen LogP contribution is -2.41. The number of hydrogen-bond donors (Lipinski definition) is 1. The van der Waals surface area contributed by atoms with Gasteiger partial charge in [0.15, 0.2) is 0 Å². The van der Waals surface area contributed by atoms with Gasteiger partial charge in [0.1, 0.15) is 11.4 Å². The molecule has 6 heteroatoms. The van der Waals surface area contributed by atoms with Crippen molar-refractivity contribution in [3.63, 3.8) is 0 Å². The molecule has 0 aliphatic heterocycles. The first kappa shape index (κ1) is 18.6. The van der Waals surface area contributed by atoms with Crippen LogP contribution in [0.25, 0.3) is 0 Å². The monoisotopic (exact) mass is 340 g/mol. The van der Waals surface area contributed by atoms with Gasteiger partial charge in [0.2, 0.25) is 0 Å². The summed E-state index contributed by atoms with van der Waals surface area (Å²) in [6.07, 6.45) is 4.20. The van der Waals surface area contributed by atoms with Crippen LogP contribution in [0.5, 0.6) is 0 Å². The average molecular weight is 340 g/mol. The van der Waals surface area contributed by atoms with E-state index in [4.69, 9.17) is 0 Å². The number of aromatic nitrogens is 2. The standard InChI is InChI=1S/C19H24N4O2/c1-19(2,3)22-17(24)15-6-5-7-16(21-15)18(25)23(4)13-10-14-8-11-20-12-9-14/h5-9,11-12H,10,13H2,1-4H3,(H,22,24). The Labute approximate surface area is 148 Å². The van der Waals surface area contributed by atoms with E-state index in [-0.39, 0.29) is 28.7 Å². The number of amides is 2. The summed E-state index contributed by atoms with van der Waals surface area (Å²) < 4.78 is 0. The van der Waals surface area contributed by atoms with Crippen molar-refractivity contribution in [3.05, 3.63) is 59.7 Å². The Bertz CT molecular complexity index is 739. The first-order valence-electron chi connectivity index (χ1n) is 8.20. The highest BCUT2D eigenvalue weighted by molar-refractivity contribution is 5.96. The highest BCUT2D eigenvalue weighted by Gasteiger charge is 2.19. The van der Waals surface area contributed by atoms with Gasteiger partial charge in [-0.25, -0.2) is 4.98 Å². The number of pyridine rings is 2. The lowest BCUT2D eigenvalue weighted by Gasteiger charge is -2.20. The molecule has 0 fully saturated rings. The van der Waals surface area contributed by atoms with Gasteiger partial charge >= 0.3 is 0 Å². The number of hydrogen-bond acceptors (Lipinski definition) is 4. The van der Waals surface area contributed by atoms with Crippen LogP contribution in [0.4, 0.5) is 0 Å². The second-order valence-corrected chi connectivity index (χ2v) is 6.94. The van der Waals surface area contributed by atoms with Gasteiger partial charge < -0.3 is 10.2 Å². The lowest BCUT2D eigenvalue weighted by molar-refractivity contribution is 0.0790. The van der Waals surface area contributed by atoms with Crippen molar-refractivity contribution in [1.29, 1.82) is 0 Å². The molecule has 0 aromatic carbocycles. The summed E-state index contributed by atoms with van der Waals surface area (Å²) >= 11 is 0. The molecular weight excluding hydrogens is 316 g/mol. The van der Waals surface area contributed by atoms with Gasteiger partial charge in [-0.15, -0.1) is 0 Å². The third kappa shape index (κ3) is 5.67. The molecule has 0 aliphatic rings. The van der Waals surface area contributed by atoms with Crippen LogP contribution in [0.2, 0.25) is 0 Å². The average Bonchev–Trinajstić information content (AvgIpc) is 2.58. The second-order valence-electron chi connectivity index (χ2n) is 6.94. The molecule has 0 spiro atoms. The van der Waals surface area contributed by atoms with Crippen LogP contribution in [-0.4, -0.2) is 45.8 Å². The molecule has 25 heavy (non-hydrogen) atoms. The molecule has 2 rings (SSSR count). The van der Waals surface area contributed by atoms with Crippen LogP contribution in [-0.2, 0) is 6.42 Å². The summed E-state index contributed by atoms with van der Waals surface area (Å²) in [6, 6.07) is 8.75. The van der Waals surface area contributed by atoms with Crippen LogP contribution in [0.3, 0.4) is 0 Å². The molecule has 0 bridgehead atoms. The Kier molecular flexibility index (Phi) is 5.85. The Balaban J connectivity index is 2.03. The van der Waals surface area contributed by atoms with Gasteiger partial charge in [-0.2, -0.15) is 0 Å². The fraction of sp³-hybridized carbons (Fsp3) is 0.368. The molecule has 2 aromatic heterocycles. The van der Waals surface area contributed by atoms with Crippen molar-refractivity contribution >= 4 is 11.8 Å². The van der Waals surface area contributed by atoms with Gasteiger partial charge in [0, 0.05) is 31.5 Å². The number of nitrogens with zero attached hydrogens (tertiary/aromatic N) is 3. The lowest BCUT2D eigenvalue weighted by atomic mass is 10.1. The summed E-state index contributed by atoms with van der Waals surface area (Å²) in [5, 5.41) is 2.85. The highest BCUT2D eigenvalue weighted by atomic mass is 16.2. The van der Waals surface area contributed by atoms with Gasteiger partial charge in [0.25, 0.3) is 11.8 Å². The van der Waals surface area contributed by atoms with Crippen molar-refractivity contribution in [2.24, 2.45) is 0 Å². The summed E-state index contributed by atoms with van der Waals surface area (Å²) in [5.74, 6) is -0.499. The van der Waals surface area contributed by atoms with Gasteiger partial charge in [-0.1, -0.05) is 6.07 Å². The fourth-order valence-electron chi connectivity index (χ4n) is 2.23. The minimum absolute atomic E-state index is 0.209. The topological polar surface area (TPSA) is 75.2 Å². The molecule has 132 valence electrons. The van der Waals surface area contributed by atoms with Crippen LogP contribution in [0.1, 0.15) is 47.3 Å². The highest BCUT2D eigenvalue weighted by Crippen LogP contribution is 2.07. The number of likely N-dealkylation sites (N-methyl/N-ethyl adjacent to an activating group) is 1. The number of rotatable bonds is 5. The molecule has 0 saturated heterocycles. The van der Waals surface area contributed by atoms with E-state index in [0.717, 1.165) is 12.0 Å². The van der Waals surface area contributed by atoms with Gasteiger partial charge in [-0.3, -0.25) is 14.6 Å². The smallest absolute Gasteiger partial charge is 0.272 e. The maximum Gasteiger partial charge on any atom is 0.272 e. The molecule has 0 unspecified atom stereocenters. The maximum absolute atomic E-state index is 12.5. The zero-order valence-corrected chi connectivity index (χ0v) is 15.1. The van der Waals surface area contributed by atoms with E-state index in [1.807, 2.05) is 32.9 Å². The van der Waals surface area contributed by atoms with Crippen LogP contribution < -0.4 is 5.32 Å². The third-order valence-electron chi connectivity index (χ3n) is 3.52. The minimum atomic E-state index is -0.361. The summed E-state index contributed by atoms with van der Waals surface area (Å²) in [7, 11) is 1.73. The summed E-state index contributed by atoms with van der Waals surface area (Å²) in [5.41, 5.74) is 1.25. The van der Waals surface area contributed by atoms with Crippen molar-refractivity contribution < 1.29 is 9.59 Å². The van der Waals surface area contributed by atoms with Gasteiger partial charge in [0.05, 0.1) is 0 Å². The molecule has 1 N–H and O–H groups in total. The molecule has 0 radical (unpaired) electrons. The largest absolute Gasteiger partial charge is 0.346 e. The van der Waals surface area contributed by atoms with Crippen molar-refractivity contribution in [2.75, 3.05) is 13.6 Å². The number of carbonyl (C=O) groups excluding carboxylic acids is 2. The molecule has 0 saturated carbocycles. The van der Waals surface area contributed by atoms with E-state index in [1.54, 1.807) is 42.5 Å². The summed E-state index contributed by atoms with van der Waals surface area (Å²) in [4.78, 5) is 34.6. The SMILES string of the molecule is CN(CCc1ccncc1)C(=O)c1cccc(C(=O)NC(C)(C)C)n1. The van der Waals surface area contributed by atoms with Crippen molar-refractivity contribution in [2.45, 2.75) is 32.7 Å². The minimum Gasteiger partial charge on any atom is -0.346 e. The Morgan fingerprint density at radius 3 is 2.36 bits per heavy atom. The fourth-order valence-corrected chi connectivity index (χ4v) is 2.23. The molecule has 2 aromatic rings. The Hall–Kier alpha value is -2.76. The first-order valence-corrected chi connectivity index (χ1v) is 8.20. The summed E-state index contributed by atoms with van der Waals surface area (Å²) in [6.45, 7) is 6.25. The second kappa shape index (κ2) is 7.88. The normalized spacial score (nSPS) is 11.0. The van der Waals surface area contributed by atoms with E-state index in [9.17, 15) is 9.59 Å². The molecule has 0 atom stereocenters. The third-order valence-corrected chi connectivity index (χ3v) is 3.52. The number of nitrogens with one attached hydrogen (secondary N) is 1.